The Balaban J connectivity index is 1.55. The van der Waals surface area contributed by atoms with Gasteiger partial charge in [-0.2, -0.15) is 4.98 Å². The molecule has 1 fully saturated rings. The maximum absolute atomic E-state index is 12.8. The number of ether oxygens (including phenoxy) is 1. The van der Waals surface area contributed by atoms with Gasteiger partial charge in [-0.25, -0.2) is 14.3 Å². The van der Waals surface area contributed by atoms with Crippen LogP contribution in [0.15, 0.2) is 26.4 Å². The summed E-state index contributed by atoms with van der Waals surface area (Å²) >= 11 is 1.48. The second-order valence-electron chi connectivity index (χ2n) is 7.09. The number of piperazine rings is 1. The summed E-state index contributed by atoms with van der Waals surface area (Å²) in [7, 11) is 3.42. The van der Waals surface area contributed by atoms with Crippen molar-refractivity contribution in [3.63, 3.8) is 0 Å². The third kappa shape index (κ3) is 3.68. The van der Waals surface area contributed by atoms with Crippen molar-refractivity contribution in [2.45, 2.75) is 30.0 Å². The van der Waals surface area contributed by atoms with E-state index in [1.54, 1.807) is 12.1 Å². The fourth-order valence-corrected chi connectivity index (χ4v) is 4.69. The van der Waals surface area contributed by atoms with E-state index in [2.05, 4.69) is 26.7 Å². The summed E-state index contributed by atoms with van der Waals surface area (Å²) in [6, 6.07) is 3.36. The number of methoxy groups -OCH3 is 1. The number of carbonyl (C=O) groups is 1. The maximum atomic E-state index is 12.8. The molecule has 0 unspecified atom stereocenters. The normalized spacial score (nSPS) is 17.0. The van der Waals surface area contributed by atoms with Gasteiger partial charge in [-0.3, -0.25) is 0 Å². The quantitative estimate of drug-likeness (QED) is 0.419. The van der Waals surface area contributed by atoms with Gasteiger partial charge in [0.1, 0.15) is 10.8 Å². The predicted molar refractivity (Wildman–Crippen MR) is 106 cm³/mol. The number of thioether (sulfide) groups is 1. The van der Waals surface area contributed by atoms with Crippen LogP contribution in [0.5, 0.6) is 0 Å². The highest BCUT2D eigenvalue weighted by Crippen LogP contribution is 2.31. The van der Waals surface area contributed by atoms with Crippen LogP contribution in [0.3, 0.4) is 0 Å². The molecule has 8 nitrogen and oxygen atoms in total. The van der Waals surface area contributed by atoms with Gasteiger partial charge in [0.15, 0.2) is 0 Å². The molecule has 0 aromatic carbocycles. The third-order valence-corrected chi connectivity index (χ3v) is 6.28. The fourth-order valence-electron chi connectivity index (χ4n) is 3.72. The summed E-state index contributed by atoms with van der Waals surface area (Å²) < 4.78 is 12.0. The van der Waals surface area contributed by atoms with Gasteiger partial charge in [0, 0.05) is 31.7 Å². The molecule has 4 rings (SSSR count). The Bertz CT molecular complexity index is 931. The highest BCUT2D eigenvalue weighted by molar-refractivity contribution is 7.98. The van der Waals surface area contributed by atoms with Crippen molar-refractivity contribution in [3.8, 4) is 0 Å². The average Bonchev–Trinajstić information content (AvgIpc) is 3.36. The number of carbonyl (C=O) groups excluding carboxylic acids is 1. The Morgan fingerprint density at radius 1 is 1.25 bits per heavy atom. The van der Waals surface area contributed by atoms with Crippen LogP contribution < -0.4 is 10.7 Å². The van der Waals surface area contributed by atoms with Gasteiger partial charge in [-0.1, -0.05) is 11.8 Å². The van der Waals surface area contributed by atoms with Crippen molar-refractivity contribution in [2.75, 3.05) is 45.3 Å². The zero-order valence-electron chi connectivity index (χ0n) is 16.1. The van der Waals surface area contributed by atoms with E-state index in [9.17, 15) is 9.59 Å². The summed E-state index contributed by atoms with van der Waals surface area (Å²) in [5.41, 5.74) is 2.06. The number of likely N-dealkylation sites (N-methyl/N-ethyl adjacent to an activating group) is 1. The summed E-state index contributed by atoms with van der Waals surface area (Å²) in [6.45, 7) is 3.55. The summed E-state index contributed by atoms with van der Waals surface area (Å²) in [4.78, 5) is 31.0. The summed E-state index contributed by atoms with van der Waals surface area (Å²) in [6.07, 6.45) is 2.87. The number of hydrogen-bond acceptors (Lipinski definition) is 8. The van der Waals surface area contributed by atoms with Gasteiger partial charge < -0.3 is 19.1 Å². The minimum absolute atomic E-state index is 0.182. The number of nitrogens with zero attached hydrogens (tertiary/aromatic N) is 4. The van der Waals surface area contributed by atoms with E-state index in [1.807, 2.05) is 4.68 Å². The van der Waals surface area contributed by atoms with E-state index in [4.69, 9.17) is 4.42 Å². The standard InChI is InChI=1S/C19H24N4O4S/c1-21-8-10-22(11-9-21)23-15-5-3-4-14(15)17(20-19(23)25)28-12-13-6-7-16(27-13)18(24)26-2/h6-7H,3-5,8-12H2,1-2H3. The lowest BCUT2D eigenvalue weighted by Crippen LogP contribution is -2.54. The molecular formula is C19H24N4O4S. The van der Waals surface area contributed by atoms with E-state index >= 15 is 0 Å². The van der Waals surface area contributed by atoms with Crippen molar-refractivity contribution in [1.82, 2.24) is 14.6 Å². The third-order valence-electron chi connectivity index (χ3n) is 5.24. The first kappa shape index (κ1) is 19.1. The van der Waals surface area contributed by atoms with Crippen LogP contribution in [0.2, 0.25) is 0 Å². The molecular weight excluding hydrogens is 380 g/mol. The molecule has 0 saturated carbocycles. The molecule has 3 heterocycles. The lowest BCUT2D eigenvalue weighted by atomic mass is 10.3. The molecule has 0 spiro atoms. The molecule has 2 aromatic heterocycles. The Morgan fingerprint density at radius 2 is 2.04 bits per heavy atom. The Morgan fingerprint density at radius 3 is 2.79 bits per heavy atom. The Hall–Kier alpha value is -2.26. The molecule has 1 aliphatic carbocycles. The van der Waals surface area contributed by atoms with Crippen LogP contribution >= 0.6 is 11.8 Å². The monoisotopic (exact) mass is 404 g/mol. The van der Waals surface area contributed by atoms with Gasteiger partial charge in [0.2, 0.25) is 5.76 Å². The van der Waals surface area contributed by atoms with Gasteiger partial charge in [0.25, 0.3) is 0 Å². The smallest absolute Gasteiger partial charge is 0.373 e. The van der Waals surface area contributed by atoms with Crippen LogP contribution in [0.1, 0.15) is 34.0 Å². The topological polar surface area (TPSA) is 80.8 Å². The second kappa shape index (κ2) is 8.00. The van der Waals surface area contributed by atoms with Crippen LogP contribution in [-0.2, 0) is 23.3 Å². The van der Waals surface area contributed by atoms with Gasteiger partial charge in [-0.15, -0.1) is 0 Å². The molecule has 0 amide bonds. The zero-order valence-corrected chi connectivity index (χ0v) is 17.0. The van der Waals surface area contributed by atoms with Gasteiger partial charge in [-0.05, 0) is 38.4 Å². The van der Waals surface area contributed by atoms with Crippen molar-refractivity contribution >= 4 is 17.7 Å². The van der Waals surface area contributed by atoms with Gasteiger partial charge >= 0.3 is 11.7 Å². The van der Waals surface area contributed by atoms with E-state index in [1.165, 1.54) is 24.4 Å². The van der Waals surface area contributed by atoms with E-state index < -0.39 is 5.97 Å². The molecule has 2 aliphatic rings. The van der Waals surface area contributed by atoms with Crippen molar-refractivity contribution in [1.29, 1.82) is 0 Å². The average molecular weight is 404 g/mol. The van der Waals surface area contributed by atoms with Gasteiger partial charge in [0.05, 0.1) is 18.6 Å². The summed E-state index contributed by atoms with van der Waals surface area (Å²) in [5, 5.41) is 2.90. The predicted octanol–water partition coefficient (Wildman–Crippen LogP) is 1.29. The van der Waals surface area contributed by atoms with E-state index in [0.29, 0.717) is 11.5 Å². The van der Waals surface area contributed by atoms with Crippen LogP contribution in [0, 0.1) is 0 Å². The van der Waals surface area contributed by atoms with Crippen LogP contribution in [-0.4, -0.2) is 60.9 Å². The lowest BCUT2D eigenvalue weighted by Gasteiger charge is -2.35. The SMILES string of the molecule is COC(=O)c1ccc(CSc2nc(=O)n(N3CCN(C)CC3)c3c2CCC3)o1. The minimum atomic E-state index is -0.495. The number of esters is 1. The fraction of sp³-hybridized carbons (Fsp3) is 0.526. The molecule has 1 saturated heterocycles. The summed E-state index contributed by atoms with van der Waals surface area (Å²) in [5.74, 6) is 0.850. The molecule has 0 radical (unpaired) electrons. The van der Waals surface area contributed by atoms with Crippen LogP contribution in [0.4, 0.5) is 0 Å². The highest BCUT2D eigenvalue weighted by Gasteiger charge is 2.26. The largest absolute Gasteiger partial charge is 0.463 e. The zero-order chi connectivity index (χ0) is 19.7. The first-order valence-electron chi connectivity index (χ1n) is 9.45. The number of fused-ring (bicyclic) bond motifs is 1. The van der Waals surface area contributed by atoms with E-state index in [0.717, 1.165) is 56.2 Å². The maximum Gasteiger partial charge on any atom is 0.373 e. The number of rotatable bonds is 5. The highest BCUT2D eigenvalue weighted by atomic mass is 32.2. The molecule has 2 aromatic rings. The minimum Gasteiger partial charge on any atom is -0.463 e. The first-order chi connectivity index (χ1) is 13.6. The Kier molecular flexibility index (Phi) is 5.45. The Labute approximate surface area is 167 Å². The molecule has 1 aliphatic heterocycles. The van der Waals surface area contributed by atoms with Crippen molar-refractivity contribution in [3.05, 3.63) is 45.4 Å². The molecule has 28 heavy (non-hydrogen) atoms. The molecule has 0 atom stereocenters. The number of furan rings is 1. The van der Waals surface area contributed by atoms with Crippen LogP contribution in [0.25, 0.3) is 0 Å². The molecule has 9 heteroatoms. The number of hydrogen-bond donors (Lipinski definition) is 0. The molecule has 0 bridgehead atoms. The molecule has 150 valence electrons. The number of aromatic nitrogens is 2. The van der Waals surface area contributed by atoms with E-state index in [-0.39, 0.29) is 11.4 Å². The lowest BCUT2D eigenvalue weighted by molar-refractivity contribution is 0.0563. The van der Waals surface area contributed by atoms with Crippen molar-refractivity contribution < 1.29 is 13.9 Å². The van der Waals surface area contributed by atoms with Crippen molar-refractivity contribution in [2.24, 2.45) is 0 Å². The molecule has 0 N–H and O–H groups in total. The second-order valence-corrected chi connectivity index (χ2v) is 8.06. The first-order valence-corrected chi connectivity index (χ1v) is 10.4.